The summed E-state index contributed by atoms with van der Waals surface area (Å²) in [7, 11) is 0. The molecular weight excluding hydrogens is 258 g/mol. The largest absolute Gasteiger partial charge is 0.203 e. The number of halogens is 1. The molecule has 3 nitrogen and oxygen atoms in total. The molecule has 0 saturated carbocycles. The van der Waals surface area contributed by atoms with Crippen LogP contribution in [0.1, 0.15) is 11.1 Å². The van der Waals surface area contributed by atoms with Crippen LogP contribution in [0.4, 0.5) is 0 Å². The van der Waals surface area contributed by atoms with E-state index in [1.54, 1.807) is 0 Å². The molecule has 0 radical (unpaired) electrons. The van der Waals surface area contributed by atoms with Gasteiger partial charge >= 0.3 is 0 Å². The molecule has 0 spiro atoms. The third-order valence-corrected chi connectivity index (χ3v) is 3.06. The van der Waals surface area contributed by atoms with Gasteiger partial charge in [0.25, 0.3) is 0 Å². The number of rotatable bonds is 2. The molecule has 1 heterocycles. The summed E-state index contributed by atoms with van der Waals surface area (Å²) in [5, 5.41) is 4.33. The zero-order valence-corrected chi connectivity index (χ0v) is 10.9. The maximum absolute atomic E-state index is 5.95. The van der Waals surface area contributed by atoms with Gasteiger partial charge in [0, 0.05) is 22.9 Å². The Kier molecular flexibility index (Phi) is 3.21. The number of nitrogens with zero attached hydrogens (tertiary/aromatic N) is 2. The number of hydrazone groups is 1. The Morgan fingerprint density at radius 1 is 0.842 bits per heavy atom. The molecular formula is C15H12ClN3. The molecule has 19 heavy (non-hydrogen) atoms. The van der Waals surface area contributed by atoms with Crippen molar-refractivity contribution in [2.45, 2.75) is 0 Å². The Balaban J connectivity index is 2.07. The number of benzene rings is 2. The Morgan fingerprint density at radius 2 is 1.42 bits per heavy atom. The predicted octanol–water partition coefficient (Wildman–Crippen LogP) is 3.41. The van der Waals surface area contributed by atoms with E-state index >= 15 is 0 Å². The molecule has 0 fully saturated rings. The van der Waals surface area contributed by atoms with Crippen molar-refractivity contribution in [2.75, 3.05) is 0 Å². The normalized spacial score (nSPS) is 14.5. The monoisotopic (exact) mass is 269 g/mol. The van der Waals surface area contributed by atoms with E-state index < -0.39 is 0 Å². The lowest BCUT2D eigenvalue weighted by Crippen LogP contribution is -2.27. The van der Waals surface area contributed by atoms with Gasteiger partial charge in [-0.05, 0) is 5.56 Å². The van der Waals surface area contributed by atoms with Crippen LogP contribution in [0.15, 0.2) is 72.0 Å². The van der Waals surface area contributed by atoms with Crippen molar-refractivity contribution in [2.24, 2.45) is 5.10 Å². The van der Waals surface area contributed by atoms with Crippen molar-refractivity contribution >= 4 is 23.1 Å². The molecule has 1 aliphatic heterocycles. The number of hydrogen-bond acceptors (Lipinski definition) is 3. The number of allylic oxidation sites excluding steroid dienone is 1. The average molecular weight is 270 g/mol. The fraction of sp³-hybridized carbons (Fsp3) is 0. The molecule has 0 saturated heterocycles. The van der Waals surface area contributed by atoms with Crippen LogP contribution in [-0.2, 0) is 0 Å². The molecule has 0 amide bonds. The van der Waals surface area contributed by atoms with Crippen LogP contribution in [0, 0.1) is 0 Å². The van der Waals surface area contributed by atoms with Crippen LogP contribution in [-0.4, -0.2) is 10.2 Å². The maximum atomic E-state index is 5.95. The van der Waals surface area contributed by atoms with Crippen molar-refractivity contribution in [3.63, 3.8) is 0 Å². The van der Waals surface area contributed by atoms with E-state index in [4.69, 9.17) is 11.8 Å². The molecule has 1 N–H and O–H groups in total. The molecule has 3 rings (SSSR count). The topological polar surface area (TPSA) is 27.6 Å². The van der Waals surface area contributed by atoms with Gasteiger partial charge in [-0.15, -0.1) is 0 Å². The summed E-state index contributed by atoms with van der Waals surface area (Å²) < 4.78 is 1.33. The average Bonchev–Trinajstić information content (AvgIpc) is 2.49. The van der Waals surface area contributed by atoms with Crippen molar-refractivity contribution in [3.05, 3.63) is 78.0 Å². The van der Waals surface area contributed by atoms with Gasteiger partial charge in [-0.25, -0.2) is 5.53 Å². The van der Waals surface area contributed by atoms with Crippen LogP contribution in [0.2, 0.25) is 0 Å². The predicted molar refractivity (Wildman–Crippen MR) is 78.2 cm³/mol. The van der Waals surface area contributed by atoms with E-state index in [1.165, 1.54) is 4.53 Å². The van der Waals surface area contributed by atoms with E-state index in [1.807, 2.05) is 66.9 Å². The van der Waals surface area contributed by atoms with Crippen LogP contribution in [0.5, 0.6) is 0 Å². The second kappa shape index (κ2) is 5.16. The molecule has 1 aliphatic rings. The molecule has 94 valence electrons. The third kappa shape index (κ3) is 2.46. The van der Waals surface area contributed by atoms with Gasteiger partial charge in [0.15, 0.2) is 0 Å². The SMILES string of the molecule is ClN1C=C(c2ccccc2)C(c2ccccc2)=NN1. The summed E-state index contributed by atoms with van der Waals surface area (Å²) in [5.41, 5.74) is 6.74. The van der Waals surface area contributed by atoms with E-state index in [9.17, 15) is 0 Å². The summed E-state index contributed by atoms with van der Waals surface area (Å²) >= 11 is 5.95. The zero-order valence-electron chi connectivity index (χ0n) is 10.1. The number of hydrogen-bond donors (Lipinski definition) is 1. The summed E-state index contributed by atoms with van der Waals surface area (Å²) in [6.45, 7) is 0. The fourth-order valence-electron chi connectivity index (χ4n) is 2.01. The molecule has 0 aliphatic carbocycles. The first-order chi connectivity index (χ1) is 9.34. The van der Waals surface area contributed by atoms with Gasteiger partial charge in [-0.3, -0.25) is 0 Å². The maximum Gasteiger partial charge on any atom is 0.102 e. The first kappa shape index (κ1) is 11.8. The smallest absolute Gasteiger partial charge is 0.102 e. The van der Waals surface area contributed by atoms with Gasteiger partial charge in [0.05, 0.1) is 6.20 Å². The van der Waals surface area contributed by atoms with E-state index in [-0.39, 0.29) is 0 Å². The van der Waals surface area contributed by atoms with Crippen molar-refractivity contribution in [3.8, 4) is 0 Å². The second-order valence-corrected chi connectivity index (χ2v) is 4.51. The van der Waals surface area contributed by atoms with Gasteiger partial charge in [0.2, 0.25) is 0 Å². The van der Waals surface area contributed by atoms with E-state index in [0.29, 0.717) is 0 Å². The van der Waals surface area contributed by atoms with E-state index in [2.05, 4.69) is 10.6 Å². The number of hydrazine groups is 1. The first-order valence-electron chi connectivity index (χ1n) is 5.96. The Hall–Kier alpha value is -2.26. The van der Waals surface area contributed by atoms with Crippen molar-refractivity contribution in [1.82, 2.24) is 10.1 Å². The Bertz CT molecular complexity index is 620. The summed E-state index contributed by atoms with van der Waals surface area (Å²) in [6, 6.07) is 20.1. The highest BCUT2D eigenvalue weighted by Gasteiger charge is 2.17. The third-order valence-electron chi connectivity index (χ3n) is 2.89. The fourth-order valence-corrected chi connectivity index (χ4v) is 2.14. The molecule has 4 heteroatoms. The molecule has 2 aromatic rings. The van der Waals surface area contributed by atoms with Gasteiger partial charge in [0.1, 0.15) is 5.71 Å². The highest BCUT2D eigenvalue weighted by Crippen LogP contribution is 2.23. The van der Waals surface area contributed by atoms with Gasteiger partial charge < -0.3 is 0 Å². The molecule has 2 aromatic carbocycles. The minimum Gasteiger partial charge on any atom is -0.203 e. The van der Waals surface area contributed by atoms with Crippen LogP contribution in [0.3, 0.4) is 0 Å². The van der Waals surface area contributed by atoms with Crippen LogP contribution >= 0.6 is 11.8 Å². The summed E-state index contributed by atoms with van der Waals surface area (Å²) in [5.74, 6) is 0. The van der Waals surface area contributed by atoms with Crippen molar-refractivity contribution in [1.29, 1.82) is 0 Å². The Labute approximate surface area is 116 Å². The Morgan fingerprint density at radius 3 is 2.05 bits per heavy atom. The standard InChI is InChI=1S/C15H12ClN3/c16-19-11-14(12-7-3-1-4-8-12)15(17-18-19)13-9-5-2-6-10-13/h1-11,18H. The molecule has 0 unspecified atom stereocenters. The summed E-state index contributed by atoms with van der Waals surface area (Å²) in [6.07, 6.45) is 1.83. The van der Waals surface area contributed by atoms with Crippen LogP contribution < -0.4 is 5.53 Å². The highest BCUT2D eigenvalue weighted by molar-refractivity contribution is 6.32. The number of nitrogens with one attached hydrogen (secondary N) is 1. The van der Waals surface area contributed by atoms with Crippen LogP contribution in [0.25, 0.3) is 5.57 Å². The van der Waals surface area contributed by atoms with E-state index in [0.717, 1.165) is 22.4 Å². The lowest BCUT2D eigenvalue weighted by molar-refractivity contribution is 0.452. The lowest BCUT2D eigenvalue weighted by Gasteiger charge is -2.21. The summed E-state index contributed by atoms with van der Waals surface area (Å²) in [4.78, 5) is 0. The first-order valence-corrected chi connectivity index (χ1v) is 6.30. The minimum absolute atomic E-state index is 0.878. The quantitative estimate of drug-likeness (QED) is 0.846. The molecule has 0 aromatic heterocycles. The zero-order chi connectivity index (χ0) is 13.1. The second-order valence-electron chi connectivity index (χ2n) is 4.15. The lowest BCUT2D eigenvalue weighted by atomic mass is 9.96. The van der Waals surface area contributed by atoms with Gasteiger partial charge in [-0.1, -0.05) is 60.7 Å². The molecule has 0 bridgehead atoms. The highest BCUT2D eigenvalue weighted by atomic mass is 35.5. The van der Waals surface area contributed by atoms with Gasteiger partial charge in [-0.2, -0.15) is 9.63 Å². The van der Waals surface area contributed by atoms with Crippen molar-refractivity contribution < 1.29 is 0 Å². The minimum atomic E-state index is 0.878. The molecule has 0 atom stereocenters.